The summed E-state index contributed by atoms with van der Waals surface area (Å²) in [7, 11) is 2.01. The number of ether oxygens (including phenoxy) is 1. The Morgan fingerprint density at radius 2 is 1.93 bits per heavy atom. The summed E-state index contributed by atoms with van der Waals surface area (Å²) < 4.78 is 8.52. The molecule has 6 nitrogen and oxygen atoms in total. The van der Waals surface area contributed by atoms with Crippen LogP contribution in [0.15, 0.2) is 24.3 Å². The number of aryl methyl sites for hydroxylation is 2. The van der Waals surface area contributed by atoms with Gasteiger partial charge in [-0.3, -0.25) is 0 Å². The number of nitrogens with one attached hydrogen (secondary N) is 1. The SMILES string of the molecule is Cc1cc(OC2CCC(c3nbc4n3-c3ccc(Cl)cc3CNC4)CC2)nc(C)n1. The second-order valence-electron chi connectivity index (χ2n) is 8.31. The van der Waals surface area contributed by atoms with E-state index in [1.54, 1.807) is 0 Å². The van der Waals surface area contributed by atoms with Crippen LogP contribution >= 0.6 is 11.6 Å². The molecule has 0 radical (unpaired) electrons. The average Bonchev–Trinajstić information content (AvgIpc) is 3.03. The third-order valence-electron chi connectivity index (χ3n) is 6.04. The molecule has 3 heterocycles. The van der Waals surface area contributed by atoms with Crippen LogP contribution in [0.25, 0.3) is 5.69 Å². The van der Waals surface area contributed by atoms with Crippen molar-refractivity contribution in [2.24, 2.45) is 0 Å². The molecule has 1 fully saturated rings. The molecule has 5 rings (SSSR count). The van der Waals surface area contributed by atoms with E-state index in [1.165, 1.54) is 16.8 Å². The molecule has 0 unspecified atom stereocenters. The fraction of sp³-hybridized carbons (Fsp3) is 0.455. The number of hydrogen-bond donors (Lipinski definition) is 1. The van der Waals surface area contributed by atoms with E-state index < -0.39 is 0 Å². The van der Waals surface area contributed by atoms with E-state index in [0.717, 1.165) is 61.1 Å². The van der Waals surface area contributed by atoms with Crippen molar-refractivity contribution in [1.29, 1.82) is 0 Å². The minimum atomic E-state index is 0.196. The Hall–Kier alpha value is -2.25. The van der Waals surface area contributed by atoms with E-state index in [-0.39, 0.29) is 6.10 Å². The number of aromatic nitrogens is 4. The summed E-state index contributed by atoms with van der Waals surface area (Å²) in [6.45, 7) is 5.50. The van der Waals surface area contributed by atoms with Gasteiger partial charge in [0.2, 0.25) is 0 Å². The Labute approximate surface area is 182 Å². The molecular weight excluding hydrogens is 397 g/mol. The molecule has 2 aliphatic rings. The van der Waals surface area contributed by atoms with Crippen LogP contribution < -0.4 is 10.1 Å². The van der Waals surface area contributed by atoms with Gasteiger partial charge < -0.3 is 0 Å². The summed E-state index contributed by atoms with van der Waals surface area (Å²) in [5, 5.41) is 4.27. The van der Waals surface area contributed by atoms with Crippen LogP contribution in [-0.2, 0) is 13.1 Å². The normalized spacial score (nSPS) is 20.8. The van der Waals surface area contributed by atoms with Crippen LogP contribution in [0.3, 0.4) is 0 Å². The molecule has 154 valence electrons. The first-order valence-corrected chi connectivity index (χ1v) is 11.0. The van der Waals surface area contributed by atoms with Gasteiger partial charge in [0.1, 0.15) is 0 Å². The van der Waals surface area contributed by atoms with Crippen LogP contribution in [0.2, 0.25) is 5.02 Å². The van der Waals surface area contributed by atoms with Crippen LogP contribution in [0.5, 0.6) is 5.88 Å². The second kappa shape index (κ2) is 8.12. The predicted octanol–water partition coefficient (Wildman–Crippen LogP) is 3.98. The van der Waals surface area contributed by atoms with Crippen molar-refractivity contribution in [1.82, 2.24) is 24.7 Å². The van der Waals surface area contributed by atoms with Gasteiger partial charge in [-0.15, -0.1) is 0 Å². The zero-order chi connectivity index (χ0) is 20.7. The van der Waals surface area contributed by atoms with Gasteiger partial charge in [-0.05, 0) is 0 Å². The molecule has 2 aromatic heterocycles. The first-order valence-electron chi connectivity index (χ1n) is 10.6. The quantitative estimate of drug-likeness (QED) is 0.693. The first kappa shape index (κ1) is 19.7. The van der Waals surface area contributed by atoms with Gasteiger partial charge in [0.15, 0.2) is 0 Å². The Kier molecular flexibility index (Phi) is 5.33. The van der Waals surface area contributed by atoms with Crippen molar-refractivity contribution in [3.63, 3.8) is 0 Å². The van der Waals surface area contributed by atoms with Crippen molar-refractivity contribution in [2.75, 3.05) is 0 Å². The maximum atomic E-state index is 6.25. The summed E-state index contributed by atoms with van der Waals surface area (Å²) in [4.78, 5) is 13.6. The van der Waals surface area contributed by atoms with Crippen molar-refractivity contribution >= 4 is 18.7 Å². The Morgan fingerprint density at radius 1 is 1.10 bits per heavy atom. The molecule has 3 aromatic rings. The fourth-order valence-corrected chi connectivity index (χ4v) is 4.88. The van der Waals surface area contributed by atoms with E-state index in [4.69, 9.17) is 21.2 Å². The number of fused-ring (bicyclic) bond motifs is 3. The van der Waals surface area contributed by atoms with E-state index in [0.29, 0.717) is 11.8 Å². The third kappa shape index (κ3) is 3.88. The molecular formula is C22H25BClN5O. The first-order chi connectivity index (χ1) is 14.6. The number of halogens is 1. The third-order valence-corrected chi connectivity index (χ3v) is 6.27. The van der Waals surface area contributed by atoms with E-state index >= 15 is 0 Å². The number of nitrogens with zero attached hydrogens (tertiary/aromatic N) is 4. The summed E-state index contributed by atoms with van der Waals surface area (Å²) >= 11 is 6.25. The van der Waals surface area contributed by atoms with Gasteiger partial charge in [-0.2, -0.15) is 0 Å². The Morgan fingerprint density at radius 3 is 2.73 bits per heavy atom. The molecule has 0 bridgehead atoms. The monoisotopic (exact) mass is 421 g/mol. The van der Waals surface area contributed by atoms with Crippen LogP contribution in [0, 0.1) is 13.8 Å². The molecule has 0 spiro atoms. The van der Waals surface area contributed by atoms with Gasteiger partial charge in [0.05, 0.1) is 0 Å². The summed E-state index contributed by atoms with van der Waals surface area (Å²) in [6.07, 6.45) is 4.31. The molecule has 8 heteroatoms. The van der Waals surface area contributed by atoms with Crippen molar-refractivity contribution in [2.45, 2.75) is 64.6 Å². The molecule has 1 aliphatic carbocycles. The van der Waals surface area contributed by atoms with Crippen molar-refractivity contribution in [3.05, 3.63) is 57.8 Å². The topological polar surface area (TPSA) is 64.9 Å². The van der Waals surface area contributed by atoms with Crippen LogP contribution in [0.4, 0.5) is 0 Å². The summed E-state index contributed by atoms with van der Waals surface area (Å²) in [5.74, 6) is 3.03. The summed E-state index contributed by atoms with van der Waals surface area (Å²) in [5.41, 5.74) is 4.55. The molecule has 30 heavy (non-hydrogen) atoms. The number of hydrogen-bond acceptors (Lipinski definition) is 5. The maximum absolute atomic E-state index is 6.25. The van der Waals surface area contributed by atoms with Gasteiger partial charge in [0.25, 0.3) is 0 Å². The zero-order valence-corrected chi connectivity index (χ0v) is 18.1. The fourth-order valence-electron chi connectivity index (χ4n) is 4.69. The predicted molar refractivity (Wildman–Crippen MR) is 118 cm³/mol. The van der Waals surface area contributed by atoms with Crippen LogP contribution in [-0.4, -0.2) is 32.6 Å². The summed E-state index contributed by atoms with van der Waals surface area (Å²) in [6, 6.07) is 8.06. The van der Waals surface area contributed by atoms with Gasteiger partial charge in [0, 0.05) is 0 Å². The van der Waals surface area contributed by atoms with E-state index in [2.05, 4.69) is 32.0 Å². The van der Waals surface area contributed by atoms with Gasteiger partial charge >= 0.3 is 182 Å². The van der Waals surface area contributed by atoms with Crippen molar-refractivity contribution < 1.29 is 4.74 Å². The number of rotatable bonds is 3. The molecule has 1 N–H and O–H groups in total. The molecule has 1 aliphatic heterocycles. The average molecular weight is 422 g/mol. The second-order valence-corrected chi connectivity index (χ2v) is 8.74. The van der Waals surface area contributed by atoms with E-state index in [9.17, 15) is 0 Å². The molecule has 0 amide bonds. The van der Waals surface area contributed by atoms with Gasteiger partial charge in [-0.1, -0.05) is 0 Å². The molecule has 0 saturated heterocycles. The number of benzene rings is 1. The molecule has 1 aromatic carbocycles. The molecule has 0 atom stereocenters. The molecule has 1 saturated carbocycles. The van der Waals surface area contributed by atoms with Crippen molar-refractivity contribution in [3.8, 4) is 11.6 Å². The van der Waals surface area contributed by atoms with Gasteiger partial charge in [-0.25, -0.2) is 0 Å². The Balaban J connectivity index is 1.34. The Bertz CT molecular complexity index is 1060. The standard InChI is InChI=1S/C22H25BClN5O/c1-13-9-21(27-14(2)26-13)30-18-6-3-15(4-7-18)22-28-23-20-12-25-11-16-10-17(24)5-8-19(16)29(20)22/h5,8-10,15,18,25H,3-4,6-7,11-12H2,1-2H3. The van der Waals surface area contributed by atoms with Crippen LogP contribution in [0.1, 0.15) is 60.1 Å². The zero-order valence-electron chi connectivity index (χ0n) is 17.4. The minimum absolute atomic E-state index is 0.196. The van der Waals surface area contributed by atoms with E-state index in [1.807, 2.05) is 33.0 Å².